The third kappa shape index (κ3) is 2.97. The van der Waals surface area contributed by atoms with Crippen molar-refractivity contribution >= 4 is 5.91 Å². The molecule has 0 aromatic carbocycles. The zero-order chi connectivity index (χ0) is 9.68. The third-order valence-corrected chi connectivity index (χ3v) is 2.45. The minimum atomic E-state index is 0.144. The van der Waals surface area contributed by atoms with Gasteiger partial charge in [0.25, 0.3) is 0 Å². The Morgan fingerprint density at radius 2 is 2.15 bits per heavy atom. The van der Waals surface area contributed by atoms with E-state index >= 15 is 0 Å². The Balaban J connectivity index is 2.28. The van der Waals surface area contributed by atoms with Crippen molar-refractivity contribution in [3.63, 3.8) is 0 Å². The first-order valence-corrected chi connectivity index (χ1v) is 4.91. The first kappa shape index (κ1) is 10.5. The molecule has 0 atom stereocenters. The molecule has 1 heterocycles. The van der Waals surface area contributed by atoms with Crippen LogP contribution in [0.3, 0.4) is 0 Å². The van der Waals surface area contributed by atoms with Crippen LogP contribution in [0.15, 0.2) is 0 Å². The second-order valence-electron chi connectivity index (χ2n) is 3.47. The Morgan fingerprint density at radius 1 is 1.54 bits per heavy atom. The van der Waals surface area contributed by atoms with Crippen LogP contribution >= 0.6 is 0 Å². The lowest BCUT2D eigenvalue weighted by Crippen LogP contribution is -2.41. The number of hydrogen-bond donors (Lipinski definition) is 1. The molecular weight excluding hydrogens is 168 g/mol. The summed E-state index contributed by atoms with van der Waals surface area (Å²) in [6.07, 6.45) is 3.46. The number of amides is 1. The molecular formula is C9H18N2O2. The summed E-state index contributed by atoms with van der Waals surface area (Å²) in [7, 11) is 0. The molecule has 0 aliphatic carbocycles. The number of rotatable bonds is 3. The Kier molecular flexibility index (Phi) is 4.18. The fourth-order valence-electron chi connectivity index (χ4n) is 1.61. The Morgan fingerprint density at radius 3 is 2.62 bits per heavy atom. The fourth-order valence-corrected chi connectivity index (χ4v) is 1.61. The van der Waals surface area contributed by atoms with Crippen molar-refractivity contribution in [1.82, 2.24) is 4.90 Å². The van der Waals surface area contributed by atoms with Gasteiger partial charge in [-0.25, -0.2) is 5.90 Å². The van der Waals surface area contributed by atoms with E-state index in [-0.39, 0.29) is 12.0 Å². The molecule has 1 rings (SSSR count). The van der Waals surface area contributed by atoms with Crippen molar-refractivity contribution in [3.05, 3.63) is 0 Å². The topological polar surface area (TPSA) is 55.6 Å². The van der Waals surface area contributed by atoms with Crippen molar-refractivity contribution in [3.8, 4) is 0 Å². The molecule has 1 fully saturated rings. The molecule has 1 aliphatic heterocycles. The molecule has 4 heteroatoms. The highest BCUT2D eigenvalue weighted by atomic mass is 16.6. The van der Waals surface area contributed by atoms with Gasteiger partial charge in [0, 0.05) is 19.5 Å². The van der Waals surface area contributed by atoms with Crippen LogP contribution in [0.25, 0.3) is 0 Å². The number of carbonyl (C=O) groups is 1. The van der Waals surface area contributed by atoms with Crippen LogP contribution in [0.5, 0.6) is 0 Å². The quantitative estimate of drug-likeness (QED) is 0.659. The highest BCUT2D eigenvalue weighted by Gasteiger charge is 2.21. The molecule has 1 saturated heterocycles. The maximum atomic E-state index is 11.4. The van der Waals surface area contributed by atoms with Crippen LogP contribution in [0.1, 0.15) is 32.6 Å². The smallest absolute Gasteiger partial charge is 0.222 e. The second kappa shape index (κ2) is 5.19. The number of nitrogens with zero attached hydrogens (tertiary/aromatic N) is 1. The molecule has 1 amide bonds. The molecule has 0 aromatic heterocycles. The van der Waals surface area contributed by atoms with Gasteiger partial charge in [-0.3, -0.25) is 4.79 Å². The molecule has 0 radical (unpaired) electrons. The summed E-state index contributed by atoms with van der Waals surface area (Å²) in [5.41, 5.74) is 0. The Hall–Kier alpha value is -0.610. The zero-order valence-corrected chi connectivity index (χ0v) is 8.16. The predicted octanol–water partition coefficient (Wildman–Crippen LogP) is 0.668. The Bertz CT molecular complexity index is 165. The van der Waals surface area contributed by atoms with Crippen molar-refractivity contribution in [2.45, 2.75) is 38.7 Å². The lowest BCUT2D eigenvalue weighted by molar-refractivity contribution is -0.133. The van der Waals surface area contributed by atoms with Crippen LogP contribution in [0, 0.1) is 0 Å². The van der Waals surface area contributed by atoms with E-state index in [0.717, 1.165) is 32.4 Å². The molecule has 4 nitrogen and oxygen atoms in total. The number of nitrogens with two attached hydrogens (primary N) is 1. The standard InChI is InChI=1S/C9H18N2O2/c1-2-3-9(12)11-6-4-8(13-10)5-7-11/h8H,2-7,10H2,1H3. The van der Waals surface area contributed by atoms with Crippen LogP contribution < -0.4 is 5.90 Å². The monoisotopic (exact) mass is 186 g/mol. The third-order valence-electron chi connectivity index (χ3n) is 2.45. The van der Waals surface area contributed by atoms with E-state index < -0.39 is 0 Å². The molecule has 0 bridgehead atoms. The van der Waals surface area contributed by atoms with Crippen LogP contribution in [0.4, 0.5) is 0 Å². The van der Waals surface area contributed by atoms with Crippen LogP contribution in [0.2, 0.25) is 0 Å². The van der Waals surface area contributed by atoms with E-state index in [0.29, 0.717) is 6.42 Å². The van der Waals surface area contributed by atoms with Crippen molar-refractivity contribution in [2.75, 3.05) is 13.1 Å². The number of hydrogen-bond acceptors (Lipinski definition) is 3. The highest BCUT2D eigenvalue weighted by molar-refractivity contribution is 5.76. The summed E-state index contributed by atoms with van der Waals surface area (Å²) in [6, 6.07) is 0. The predicted molar refractivity (Wildman–Crippen MR) is 49.8 cm³/mol. The largest absolute Gasteiger partial charge is 0.343 e. The van der Waals surface area contributed by atoms with Crippen molar-refractivity contribution in [1.29, 1.82) is 0 Å². The molecule has 0 aromatic rings. The first-order chi connectivity index (χ1) is 6.27. The van der Waals surface area contributed by atoms with E-state index in [1.807, 2.05) is 11.8 Å². The van der Waals surface area contributed by atoms with Crippen molar-refractivity contribution in [2.24, 2.45) is 5.90 Å². The summed E-state index contributed by atoms with van der Waals surface area (Å²) in [6.45, 7) is 3.61. The molecule has 2 N–H and O–H groups in total. The molecule has 0 spiro atoms. The summed E-state index contributed by atoms with van der Waals surface area (Å²) < 4.78 is 0. The lowest BCUT2D eigenvalue weighted by atomic mass is 10.1. The van der Waals surface area contributed by atoms with Gasteiger partial charge in [-0.15, -0.1) is 0 Å². The summed E-state index contributed by atoms with van der Waals surface area (Å²) in [5.74, 6) is 5.34. The van der Waals surface area contributed by atoms with E-state index in [4.69, 9.17) is 10.7 Å². The summed E-state index contributed by atoms with van der Waals surface area (Å²) in [4.78, 5) is 18.1. The van der Waals surface area contributed by atoms with Gasteiger partial charge in [0.15, 0.2) is 0 Å². The van der Waals surface area contributed by atoms with Gasteiger partial charge < -0.3 is 9.74 Å². The minimum Gasteiger partial charge on any atom is -0.343 e. The average Bonchev–Trinajstić information content (AvgIpc) is 2.18. The van der Waals surface area contributed by atoms with Gasteiger partial charge in [-0.2, -0.15) is 0 Å². The van der Waals surface area contributed by atoms with Gasteiger partial charge in [0.2, 0.25) is 5.91 Å². The van der Waals surface area contributed by atoms with E-state index in [2.05, 4.69) is 0 Å². The SMILES string of the molecule is CCCC(=O)N1CCC(ON)CC1. The van der Waals surface area contributed by atoms with Crippen LogP contribution in [-0.4, -0.2) is 30.0 Å². The van der Waals surface area contributed by atoms with E-state index in [1.54, 1.807) is 0 Å². The number of piperidine rings is 1. The molecule has 1 aliphatic rings. The minimum absolute atomic E-state index is 0.144. The van der Waals surface area contributed by atoms with Gasteiger partial charge in [-0.1, -0.05) is 6.92 Å². The van der Waals surface area contributed by atoms with E-state index in [1.165, 1.54) is 0 Å². The number of likely N-dealkylation sites (tertiary alicyclic amines) is 1. The van der Waals surface area contributed by atoms with Gasteiger partial charge in [-0.05, 0) is 19.3 Å². The summed E-state index contributed by atoms with van der Waals surface area (Å²) >= 11 is 0. The van der Waals surface area contributed by atoms with E-state index in [9.17, 15) is 4.79 Å². The number of carbonyl (C=O) groups excluding carboxylic acids is 1. The normalized spacial score (nSPS) is 19.1. The van der Waals surface area contributed by atoms with Crippen molar-refractivity contribution < 1.29 is 9.63 Å². The Labute approximate surface area is 79.0 Å². The maximum absolute atomic E-state index is 11.4. The molecule has 13 heavy (non-hydrogen) atoms. The second-order valence-corrected chi connectivity index (χ2v) is 3.47. The average molecular weight is 186 g/mol. The van der Waals surface area contributed by atoms with Gasteiger partial charge >= 0.3 is 0 Å². The first-order valence-electron chi connectivity index (χ1n) is 4.91. The summed E-state index contributed by atoms with van der Waals surface area (Å²) in [5, 5.41) is 0. The highest BCUT2D eigenvalue weighted by Crippen LogP contribution is 2.13. The zero-order valence-electron chi connectivity index (χ0n) is 8.16. The lowest BCUT2D eigenvalue weighted by Gasteiger charge is -2.30. The fraction of sp³-hybridized carbons (Fsp3) is 0.889. The molecule has 0 saturated carbocycles. The molecule has 0 unspecified atom stereocenters. The molecule has 76 valence electrons. The maximum Gasteiger partial charge on any atom is 0.222 e. The van der Waals surface area contributed by atoms with Crippen LogP contribution in [-0.2, 0) is 9.63 Å². The van der Waals surface area contributed by atoms with Gasteiger partial charge in [0.1, 0.15) is 0 Å². The van der Waals surface area contributed by atoms with Gasteiger partial charge in [0.05, 0.1) is 6.10 Å².